The van der Waals surface area contributed by atoms with E-state index in [0.717, 1.165) is 0 Å². The lowest BCUT2D eigenvalue weighted by atomic mass is 9.95. The first kappa shape index (κ1) is 25.4. The Morgan fingerprint density at radius 3 is 1.96 bits per heavy atom. The van der Waals surface area contributed by atoms with Gasteiger partial charge in [0.1, 0.15) is 12.1 Å². The Kier molecular flexibility index (Phi) is 11.5. The van der Waals surface area contributed by atoms with Crippen molar-refractivity contribution in [2.75, 3.05) is 13.2 Å². The van der Waals surface area contributed by atoms with Crippen molar-refractivity contribution in [3.05, 3.63) is 0 Å². The van der Waals surface area contributed by atoms with Gasteiger partial charge in [0.05, 0.1) is 25.6 Å². The molecular weight excluding hydrogens is 372 g/mol. The highest BCUT2D eigenvalue weighted by molar-refractivity contribution is 5.93. The van der Waals surface area contributed by atoms with Crippen LogP contribution in [-0.2, 0) is 33.4 Å². The third-order valence-electron chi connectivity index (χ3n) is 3.65. The molecule has 0 aliphatic carbocycles. The fraction of sp³-hybridized carbons (Fsp3) is 0.722. The predicted molar refractivity (Wildman–Crippen MR) is 98.0 cm³/mol. The third kappa shape index (κ3) is 9.33. The molecule has 3 N–H and O–H groups in total. The molecule has 160 valence electrons. The van der Waals surface area contributed by atoms with Crippen molar-refractivity contribution in [3.8, 4) is 0 Å². The van der Waals surface area contributed by atoms with Crippen LogP contribution in [0.25, 0.3) is 0 Å². The molecule has 0 aliphatic rings. The van der Waals surface area contributed by atoms with Crippen LogP contribution in [0.1, 0.15) is 47.5 Å². The fourth-order valence-corrected chi connectivity index (χ4v) is 2.52. The van der Waals surface area contributed by atoms with Crippen LogP contribution >= 0.6 is 0 Å². The maximum Gasteiger partial charge on any atom is 0.327 e. The standard InChI is InChI=1S/C18H30N2O8/c1-6-27-14(22)9-12(18(26)28-7-2)15(17(24)25)20-16(23)13(8-10(3)4)19-11(5)21/h10,12-13,15H,6-9H2,1-5H3,(H,19,21)(H,20,23)(H,24,25)/t12-,13+,15-/m1/s1. The van der Waals surface area contributed by atoms with E-state index in [0.29, 0.717) is 0 Å². The van der Waals surface area contributed by atoms with E-state index in [4.69, 9.17) is 9.47 Å². The number of nitrogens with one attached hydrogen (secondary N) is 2. The van der Waals surface area contributed by atoms with Gasteiger partial charge in [-0.15, -0.1) is 0 Å². The number of rotatable bonds is 12. The van der Waals surface area contributed by atoms with E-state index in [1.165, 1.54) is 13.8 Å². The Bertz CT molecular complexity index is 576. The van der Waals surface area contributed by atoms with Gasteiger partial charge in [-0.1, -0.05) is 13.8 Å². The molecule has 0 saturated heterocycles. The predicted octanol–water partition coefficient (Wildman–Crippen LogP) is 0.239. The highest BCUT2D eigenvalue weighted by Gasteiger charge is 2.39. The summed E-state index contributed by atoms with van der Waals surface area (Å²) in [5.74, 6) is -5.91. The second-order valence-electron chi connectivity index (χ2n) is 6.57. The van der Waals surface area contributed by atoms with Crippen molar-refractivity contribution >= 4 is 29.7 Å². The molecule has 0 aromatic carbocycles. The summed E-state index contributed by atoms with van der Waals surface area (Å²) in [7, 11) is 0. The molecule has 10 heteroatoms. The van der Waals surface area contributed by atoms with E-state index in [-0.39, 0.29) is 25.6 Å². The molecule has 0 radical (unpaired) electrons. The minimum Gasteiger partial charge on any atom is -0.480 e. The third-order valence-corrected chi connectivity index (χ3v) is 3.65. The van der Waals surface area contributed by atoms with Crippen LogP contribution in [-0.4, -0.2) is 60.1 Å². The summed E-state index contributed by atoms with van der Waals surface area (Å²) in [6.45, 7) is 8.02. The van der Waals surface area contributed by atoms with Crippen molar-refractivity contribution < 1.29 is 38.6 Å². The van der Waals surface area contributed by atoms with E-state index in [2.05, 4.69) is 10.6 Å². The zero-order valence-electron chi connectivity index (χ0n) is 16.9. The molecule has 0 aromatic rings. The Morgan fingerprint density at radius 2 is 1.54 bits per heavy atom. The van der Waals surface area contributed by atoms with Crippen LogP contribution in [0.3, 0.4) is 0 Å². The Hall–Kier alpha value is -2.65. The van der Waals surface area contributed by atoms with Gasteiger partial charge in [0.25, 0.3) is 0 Å². The van der Waals surface area contributed by atoms with Gasteiger partial charge in [-0.2, -0.15) is 0 Å². The van der Waals surface area contributed by atoms with E-state index >= 15 is 0 Å². The maximum absolute atomic E-state index is 12.6. The quantitative estimate of drug-likeness (QED) is 0.393. The number of amides is 2. The summed E-state index contributed by atoms with van der Waals surface area (Å²) in [5, 5.41) is 14.2. The van der Waals surface area contributed by atoms with Crippen LogP contribution < -0.4 is 10.6 Å². The average Bonchev–Trinajstić information content (AvgIpc) is 2.56. The second-order valence-corrected chi connectivity index (χ2v) is 6.57. The first-order chi connectivity index (χ1) is 13.0. The number of carboxylic acid groups (broad SMARTS) is 1. The molecule has 3 atom stereocenters. The van der Waals surface area contributed by atoms with Crippen LogP contribution in [0.5, 0.6) is 0 Å². The molecule has 0 heterocycles. The molecule has 10 nitrogen and oxygen atoms in total. The van der Waals surface area contributed by atoms with Crippen molar-refractivity contribution in [1.82, 2.24) is 10.6 Å². The van der Waals surface area contributed by atoms with E-state index in [9.17, 15) is 29.1 Å². The zero-order valence-corrected chi connectivity index (χ0v) is 16.9. The van der Waals surface area contributed by atoms with Gasteiger partial charge in [0.2, 0.25) is 11.8 Å². The molecule has 0 rings (SSSR count). The average molecular weight is 402 g/mol. The van der Waals surface area contributed by atoms with Crippen molar-refractivity contribution in [2.45, 2.75) is 59.5 Å². The number of carboxylic acids is 1. The minimum atomic E-state index is -1.72. The molecule has 0 saturated carbocycles. The molecule has 0 bridgehead atoms. The van der Waals surface area contributed by atoms with Crippen molar-refractivity contribution in [3.63, 3.8) is 0 Å². The summed E-state index contributed by atoms with van der Waals surface area (Å²) in [5.41, 5.74) is 0. The van der Waals surface area contributed by atoms with Crippen molar-refractivity contribution in [2.24, 2.45) is 11.8 Å². The smallest absolute Gasteiger partial charge is 0.327 e. The highest BCUT2D eigenvalue weighted by atomic mass is 16.5. The Morgan fingerprint density at radius 1 is 0.964 bits per heavy atom. The number of carbonyl (C=O) groups excluding carboxylic acids is 4. The van der Waals surface area contributed by atoms with Crippen molar-refractivity contribution in [1.29, 1.82) is 0 Å². The van der Waals surface area contributed by atoms with Gasteiger partial charge in [-0.05, 0) is 26.2 Å². The number of carbonyl (C=O) groups is 5. The summed E-state index contributed by atoms with van der Waals surface area (Å²) in [4.78, 5) is 59.7. The minimum absolute atomic E-state index is 0.0275. The molecule has 0 aromatic heterocycles. The normalized spacial score (nSPS) is 13.8. The summed E-state index contributed by atoms with van der Waals surface area (Å²) >= 11 is 0. The second kappa shape index (κ2) is 12.7. The summed E-state index contributed by atoms with van der Waals surface area (Å²) < 4.78 is 9.63. The topological polar surface area (TPSA) is 148 Å². The van der Waals surface area contributed by atoms with E-state index in [1.807, 2.05) is 13.8 Å². The Balaban J connectivity index is 5.59. The SMILES string of the molecule is CCOC(=O)C[C@@H](C(=O)OCC)[C@@H](NC(=O)[C@H](CC(C)C)NC(C)=O)C(=O)O. The van der Waals surface area contributed by atoms with E-state index < -0.39 is 54.1 Å². The monoisotopic (exact) mass is 402 g/mol. The summed E-state index contributed by atoms with van der Waals surface area (Å²) in [6, 6.07) is -2.70. The van der Waals surface area contributed by atoms with Gasteiger partial charge in [-0.3, -0.25) is 19.2 Å². The van der Waals surface area contributed by atoms with Gasteiger partial charge in [0, 0.05) is 6.92 Å². The zero-order chi connectivity index (χ0) is 21.9. The van der Waals surface area contributed by atoms with E-state index in [1.54, 1.807) is 6.92 Å². The van der Waals surface area contributed by atoms with Crippen LogP contribution in [0.4, 0.5) is 0 Å². The van der Waals surface area contributed by atoms with Crippen LogP contribution in [0.15, 0.2) is 0 Å². The van der Waals surface area contributed by atoms with Gasteiger partial charge in [0.15, 0.2) is 0 Å². The largest absolute Gasteiger partial charge is 0.480 e. The lowest BCUT2D eigenvalue weighted by molar-refractivity contribution is -0.160. The number of hydrogen-bond donors (Lipinski definition) is 3. The van der Waals surface area contributed by atoms with Gasteiger partial charge >= 0.3 is 17.9 Å². The molecule has 2 amide bonds. The fourth-order valence-electron chi connectivity index (χ4n) is 2.52. The molecule has 0 fully saturated rings. The molecule has 28 heavy (non-hydrogen) atoms. The van der Waals surface area contributed by atoms with Gasteiger partial charge in [-0.25, -0.2) is 4.79 Å². The Labute approximate surface area is 164 Å². The van der Waals surface area contributed by atoms with Gasteiger partial charge < -0.3 is 25.2 Å². The van der Waals surface area contributed by atoms with Crippen LogP contribution in [0, 0.1) is 11.8 Å². The first-order valence-electron chi connectivity index (χ1n) is 9.15. The number of esters is 2. The first-order valence-corrected chi connectivity index (χ1v) is 9.15. The lowest BCUT2D eigenvalue weighted by Gasteiger charge is -2.26. The molecular formula is C18H30N2O8. The lowest BCUT2D eigenvalue weighted by Crippen LogP contribution is -2.55. The molecule has 0 aliphatic heterocycles. The number of aliphatic carboxylic acids is 1. The number of ether oxygens (including phenoxy) is 2. The maximum atomic E-state index is 12.6. The summed E-state index contributed by atoms with van der Waals surface area (Å²) in [6.07, 6.45) is -0.307. The number of hydrogen-bond acceptors (Lipinski definition) is 7. The molecule has 0 spiro atoms. The highest BCUT2D eigenvalue weighted by Crippen LogP contribution is 2.15. The van der Waals surface area contributed by atoms with Crippen LogP contribution in [0.2, 0.25) is 0 Å². The molecule has 0 unspecified atom stereocenters.